The maximum atomic E-state index is 6.34. The summed E-state index contributed by atoms with van der Waals surface area (Å²) in [6, 6.07) is 6.09. The van der Waals surface area contributed by atoms with E-state index in [2.05, 4.69) is 30.7 Å². The van der Waals surface area contributed by atoms with E-state index in [1.165, 1.54) is 12.8 Å². The number of rotatable bonds is 5. The van der Waals surface area contributed by atoms with Crippen LogP contribution in [0.25, 0.3) is 0 Å². The van der Waals surface area contributed by atoms with Gasteiger partial charge < -0.3 is 20.0 Å². The molecule has 2 aromatic heterocycles. The lowest BCUT2D eigenvalue weighted by Crippen LogP contribution is -2.51. The Hall–Kier alpha value is -1.88. The van der Waals surface area contributed by atoms with Gasteiger partial charge in [0, 0.05) is 38.6 Å². The van der Waals surface area contributed by atoms with E-state index in [4.69, 9.17) is 15.1 Å². The number of nitrogens with zero attached hydrogens (tertiary/aromatic N) is 6. The molecule has 8 nitrogen and oxygen atoms in total. The van der Waals surface area contributed by atoms with E-state index in [0.717, 1.165) is 56.7 Å². The standard InChI is InChI=1S/C20H29N7O.HI/c1-16-5-6-18(28-16)17(25-9-2-3-10-25)15-24-19(21)26-11-13-27(14-12-26)20-22-7-4-8-23-20;/h4-8,17H,2-3,9-15H2,1H3,(H2,21,24);1H. The molecule has 2 aromatic rings. The maximum absolute atomic E-state index is 6.34. The van der Waals surface area contributed by atoms with Gasteiger partial charge in [-0.25, -0.2) is 9.97 Å². The molecule has 2 fully saturated rings. The van der Waals surface area contributed by atoms with Crippen molar-refractivity contribution in [3.05, 3.63) is 42.1 Å². The molecule has 9 heteroatoms. The SMILES string of the molecule is Cc1ccc(C(CN=C(N)N2CCN(c3ncccn3)CC2)N2CCCC2)o1.I. The van der Waals surface area contributed by atoms with Gasteiger partial charge >= 0.3 is 0 Å². The molecule has 0 amide bonds. The van der Waals surface area contributed by atoms with Crippen LogP contribution in [0.2, 0.25) is 0 Å². The smallest absolute Gasteiger partial charge is 0.225 e. The van der Waals surface area contributed by atoms with Crippen LogP contribution >= 0.6 is 24.0 Å². The molecule has 0 bridgehead atoms. The lowest BCUT2D eigenvalue weighted by Gasteiger charge is -2.35. The summed E-state index contributed by atoms with van der Waals surface area (Å²) in [6.45, 7) is 8.12. The third kappa shape index (κ3) is 5.39. The molecule has 4 rings (SSSR count). The van der Waals surface area contributed by atoms with Gasteiger partial charge in [-0.1, -0.05) is 0 Å². The van der Waals surface area contributed by atoms with Crippen LogP contribution in [-0.2, 0) is 0 Å². The van der Waals surface area contributed by atoms with Crippen LogP contribution < -0.4 is 10.6 Å². The van der Waals surface area contributed by atoms with Gasteiger partial charge in [-0.05, 0) is 51.1 Å². The van der Waals surface area contributed by atoms with Gasteiger partial charge in [0.2, 0.25) is 5.95 Å². The Morgan fingerprint density at radius 3 is 2.41 bits per heavy atom. The second kappa shape index (κ2) is 10.2. The number of aliphatic imine (C=N–C) groups is 1. The molecule has 2 N–H and O–H groups in total. The summed E-state index contributed by atoms with van der Waals surface area (Å²) < 4.78 is 5.91. The summed E-state index contributed by atoms with van der Waals surface area (Å²) in [5.74, 6) is 3.32. The van der Waals surface area contributed by atoms with Crippen molar-refractivity contribution in [2.24, 2.45) is 10.7 Å². The molecule has 0 spiro atoms. The Kier molecular flexibility index (Phi) is 7.70. The Balaban J connectivity index is 0.00000240. The van der Waals surface area contributed by atoms with Gasteiger partial charge in [-0.2, -0.15) is 0 Å². The Labute approximate surface area is 189 Å². The van der Waals surface area contributed by atoms with Gasteiger partial charge in [-0.3, -0.25) is 9.89 Å². The molecular formula is C20H30IN7O. The monoisotopic (exact) mass is 511 g/mol. The number of hydrogen-bond donors (Lipinski definition) is 1. The van der Waals surface area contributed by atoms with E-state index in [1.807, 2.05) is 19.1 Å². The van der Waals surface area contributed by atoms with Crippen molar-refractivity contribution < 1.29 is 4.42 Å². The predicted octanol–water partition coefficient (Wildman–Crippen LogP) is 2.27. The van der Waals surface area contributed by atoms with E-state index in [0.29, 0.717) is 12.5 Å². The summed E-state index contributed by atoms with van der Waals surface area (Å²) in [4.78, 5) is 20.2. The Morgan fingerprint density at radius 2 is 1.79 bits per heavy atom. The van der Waals surface area contributed by atoms with Crippen LogP contribution in [0.5, 0.6) is 0 Å². The minimum absolute atomic E-state index is 0. The van der Waals surface area contributed by atoms with Crippen molar-refractivity contribution in [1.82, 2.24) is 19.8 Å². The van der Waals surface area contributed by atoms with Crippen molar-refractivity contribution in [2.45, 2.75) is 25.8 Å². The predicted molar refractivity (Wildman–Crippen MR) is 125 cm³/mol. The molecule has 29 heavy (non-hydrogen) atoms. The zero-order chi connectivity index (χ0) is 19.3. The van der Waals surface area contributed by atoms with Crippen molar-refractivity contribution in [1.29, 1.82) is 0 Å². The van der Waals surface area contributed by atoms with Gasteiger partial charge in [0.1, 0.15) is 11.5 Å². The lowest BCUT2D eigenvalue weighted by atomic mass is 10.2. The molecule has 2 aliphatic heterocycles. The number of likely N-dealkylation sites (tertiary alicyclic amines) is 1. The highest BCUT2D eigenvalue weighted by Crippen LogP contribution is 2.27. The minimum atomic E-state index is 0. The van der Waals surface area contributed by atoms with Crippen molar-refractivity contribution in [2.75, 3.05) is 50.7 Å². The second-order valence-electron chi connectivity index (χ2n) is 7.43. The van der Waals surface area contributed by atoms with Gasteiger partial charge in [0.25, 0.3) is 0 Å². The first-order chi connectivity index (χ1) is 13.7. The molecule has 0 aliphatic carbocycles. The normalized spacial score (nSPS) is 19.3. The number of aromatic nitrogens is 2. The Morgan fingerprint density at radius 1 is 1.10 bits per heavy atom. The number of halogens is 1. The minimum Gasteiger partial charge on any atom is -0.465 e. The van der Waals surface area contributed by atoms with Crippen LogP contribution in [0.1, 0.15) is 30.4 Å². The van der Waals surface area contributed by atoms with Crippen molar-refractivity contribution >= 4 is 35.9 Å². The van der Waals surface area contributed by atoms with E-state index in [1.54, 1.807) is 12.4 Å². The van der Waals surface area contributed by atoms with E-state index in [-0.39, 0.29) is 30.0 Å². The molecule has 158 valence electrons. The Bertz CT molecular complexity index is 783. The molecule has 0 saturated carbocycles. The van der Waals surface area contributed by atoms with Crippen LogP contribution in [0.3, 0.4) is 0 Å². The maximum Gasteiger partial charge on any atom is 0.225 e. The number of aryl methyl sites for hydroxylation is 1. The average molecular weight is 511 g/mol. The number of hydrogen-bond acceptors (Lipinski definition) is 6. The molecule has 2 aliphatic rings. The van der Waals surface area contributed by atoms with Crippen LogP contribution in [0.15, 0.2) is 40.0 Å². The summed E-state index contributed by atoms with van der Waals surface area (Å²) >= 11 is 0. The van der Waals surface area contributed by atoms with Crippen LogP contribution in [0, 0.1) is 6.92 Å². The topological polar surface area (TPSA) is 87.0 Å². The zero-order valence-corrected chi connectivity index (χ0v) is 19.2. The first kappa shape index (κ1) is 21.8. The first-order valence-corrected chi connectivity index (χ1v) is 10.1. The molecule has 1 unspecified atom stereocenters. The zero-order valence-electron chi connectivity index (χ0n) is 16.9. The van der Waals surface area contributed by atoms with Crippen molar-refractivity contribution in [3.8, 4) is 0 Å². The largest absolute Gasteiger partial charge is 0.465 e. The highest BCUT2D eigenvalue weighted by molar-refractivity contribution is 14.0. The summed E-state index contributed by atoms with van der Waals surface area (Å²) in [7, 11) is 0. The molecule has 2 saturated heterocycles. The number of piperazine rings is 1. The van der Waals surface area contributed by atoms with Gasteiger partial charge in [0.05, 0.1) is 12.6 Å². The lowest BCUT2D eigenvalue weighted by molar-refractivity contribution is 0.218. The van der Waals surface area contributed by atoms with E-state index < -0.39 is 0 Å². The first-order valence-electron chi connectivity index (χ1n) is 10.1. The fourth-order valence-electron chi connectivity index (χ4n) is 3.94. The quantitative estimate of drug-likeness (QED) is 0.375. The highest BCUT2D eigenvalue weighted by atomic mass is 127. The van der Waals surface area contributed by atoms with E-state index >= 15 is 0 Å². The highest BCUT2D eigenvalue weighted by Gasteiger charge is 2.26. The number of anilines is 1. The third-order valence-corrected chi connectivity index (χ3v) is 5.54. The molecular weight excluding hydrogens is 481 g/mol. The molecule has 0 radical (unpaired) electrons. The summed E-state index contributed by atoms with van der Waals surface area (Å²) in [5.41, 5.74) is 6.34. The van der Waals surface area contributed by atoms with Crippen LogP contribution in [-0.4, -0.2) is 71.5 Å². The fraction of sp³-hybridized carbons (Fsp3) is 0.550. The number of nitrogens with two attached hydrogens (primary N) is 1. The van der Waals surface area contributed by atoms with Gasteiger partial charge in [0.15, 0.2) is 5.96 Å². The number of guanidine groups is 1. The van der Waals surface area contributed by atoms with Crippen LogP contribution in [0.4, 0.5) is 5.95 Å². The number of furan rings is 1. The third-order valence-electron chi connectivity index (χ3n) is 5.54. The fourth-order valence-corrected chi connectivity index (χ4v) is 3.94. The second-order valence-corrected chi connectivity index (χ2v) is 7.43. The summed E-state index contributed by atoms with van der Waals surface area (Å²) in [5, 5.41) is 0. The van der Waals surface area contributed by atoms with Crippen molar-refractivity contribution in [3.63, 3.8) is 0 Å². The molecule has 4 heterocycles. The average Bonchev–Trinajstić information content (AvgIpc) is 3.41. The van der Waals surface area contributed by atoms with Gasteiger partial charge in [-0.15, -0.1) is 24.0 Å². The molecule has 1 atom stereocenters. The molecule has 0 aromatic carbocycles. The summed E-state index contributed by atoms with van der Waals surface area (Å²) in [6.07, 6.45) is 6.02. The van der Waals surface area contributed by atoms with E-state index in [9.17, 15) is 0 Å².